The Kier molecular flexibility index (Phi) is 8.63. The highest BCUT2D eigenvalue weighted by Gasteiger charge is 2.27. The van der Waals surface area contributed by atoms with Crippen molar-refractivity contribution in [2.75, 3.05) is 44.3 Å². The van der Waals surface area contributed by atoms with Crippen molar-refractivity contribution in [2.45, 2.75) is 69.1 Å². The number of anilines is 1. The second-order valence-corrected chi connectivity index (χ2v) is 12.4. The van der Waals surface area contributed by atoms with Gasteiger partial charge in [0.05, 0.1) is 4.90 Å². The first kappa shape index (κ1) is 27.7. The minimum atomic E-state index is -3.69. The first-order chi connectivity index (χ1) is 18.8. The largest absolute Gasteiger partial charge is 0.381 e. The number of nitrogens with one attached hydrogen (secondary N) is 1. The minimum Gasteiger partial charge on any atom is -0.381 e. The molecule has 1 N–H and O–H groups in total. The Balaban J connectivity index is 1.02. The molecule has 2 saturated heterocycles. The molecule has 0 spiro atoms. The zero-order chi connectivity index (χ0) is 27.4. The van der Waals surface area contributed by atoms with Crippen molar-refractivity contribution in [3.8, 4) is 0 Å². The number of sulfonamides is 1. The van der Waals surface area contributed by atoms with Crippen molar-refractivity contribution >= 4 is 27.5 Å². The van der Waals surface area contributed by atoms with Crippen LogP contribution in [-0.4, -0.2) is 74.7 Å². The van der Waals surface area contributed by atoms with Gasteiger partial charge in [-0.25, -0.2) is 13.1 Å². The second kappa shape index (κ2) is 12.1. The van der Waals surface area contributed by atoms with E-state index in [-0.39, 0.29) is 23.3 Å². The SMILES string of the molecule is CC(=O)N1CCc2cc(S(=O)(=O)NCCCC(=O)N3CCC(Cc4nc(C5CCOCC5)no4)CC3)ccc21. The van der Waals surface area contributed by atoms with E-state index in [2.05, 4.69) is 14.9 Å². The molecule has 2 fully saturated rings. The summed E-state index contributed by atoms with van der Waals surface area (Å²) in [4.78, 5) is 32.8. The van der Waals surface area contributed by atoms with E-state index in [4.69, 9.17) is 9.26 Å². The molecule has 212 valence electrons. The Morgan fingerprint density at radius 2 is 1.87 bits per heavy atom. The van der Waals surface area contributed by atoms with Crippen LogP contribution < -0.4 is 9.62 Å². The molecule has 1 aromatic heterocycles. The molecule has 12 heteroatoms. The predicted molar refractivity (Wildman–Crippen MR) is 143 cm³/mol. The molecule has 0 saturated carbocycles. The zero-order valence-corrected chi connectivity index (χ0v) is 23.2. The van der Waals surface area contributed by atoms with Crippen molar-refractivity contribution < 1.29 is 27.3 Å². The summed E-state index contributed by atoms with van der Waals surface area (Å²) in [5.41, 5.74) is 1.62. The lowest BCUT2D eigenvalue weighted by Gasteiger charge is -2.31. The number of fused-ring (bicyclic) bond motifs is 1. The van der Waals surface area contributed by atoms with Gasteiger partial charge in [-0.05, 0) is 68.2 Å². The minimum absolute atomic E-state index is 0.0501. The van der Waals surface area contributed by atoms with Crippen LogP contribution in [-0.2, 0) is 37.2 Å². The molecule has 5 rings (SSSR count). The summed E-state index contributed by atoms with van der Waals surface area (Å²) in [6.07, 6.45) is 5.71. The number of amides is 2. The maximum Gasteiger partial charge on any atom is 0.240 e. The summed E-state index contributed by atoms with van der Waals surface area (Å²) in [6.45, 7) is 5.10. The lowest BCUT2D eigenvalue weighted by molar-refractivity contribution is -0.132. The standard InChI is InChI=1S/C27H37N5O6S/c1-19(33)32-14-8-22-18-23(4-5-24(22)32)39(35,36)28-11-2-3-26(34)31-12-6-20(7-13-31)17-25-29-27(30-38-25)21-9-15-37-16-10-21/h4-5,18,20-21,28H,2-3,6-17H2,1H3. The molecule has 2 amide bonds. The Hall–Kier alpha value is -2.83. The lowest BCUT2D eigenvalue weighted by Crippen LogP contribution is -2.39. The van der Waals surface area contributed by atoms with Crippen LogP contribution in [0.3, 0.4) is 0 Å². The van der Waals surface area contributed by atoms with E-state index in [1.54, 1.807) is 17.0 Å². The highest BCUT2D eigenvalue weighted by molar-refractivity contribution is 7.89. The van der Waals surface area contributed by atoms with Crippen LogP contribution in [0.5, 0.6) is 0 Å². The maximum absolute atomic E-state index is 12.8. The van der Waals surface area contributed by atoms with E-state index in [1.807, 2.05) is 4.90 Å². The number of carbonyl (C=O) groups is 2. The Morgan fingerprint density at radius 1 is 1.10 bits per heavy atom. The summed E-state index contributed by atoms with van der Waals surface area (Å²) in [7, 11) is -3.69. The topological polar surface area (TPSA) is 135 Å². The molecule has 0 radical (unpaired) electrons. The van der Waals surface area contributed by atoms with E-state index >= 15 is 0 Å². The average molecular weight is 560 g/mol. The highest BCUT2D eigenvalue weighted by Crippen LogP contribution is 2.30. The molecule has 0 aliphatic carbocycles. The summed E-state index contributed by atoms with van der Waals surface area (Å²) >= 11 is 0. The molecule has 0 bridgehead atoms. The van der Waals surface area contributed by atoms with Crippen LogP contribution in [0.2, 0.25) is 0 Å². The van der Waals surface area contributed by atoms with Gasteiger partial charge in [-0.15, -0.1) is 0 Å². The summed E-state index contributed by atoms with van der Waals surface area (Å²) in [6, 6.07) is 4.85. The van der Waals surface area contributed by atoms with E-state index < -0.39 is 10.0 Å². The van der Waals surface area contributed by atoms with Crippen LogP contribution in [0, 0.1) is 5.92 Å². The van der Waals surface area contributed by atoms with Crippen molar-refractivity contribution in [3.63, 3.8) is 0 Å². The first-order valence-electron chi connectivity index (χ1n) is 13.9. The van der Waals surface area contributed by atoms with Gasteiger partial charge in [-0.3, -0.25) is 9.59 Å². The van der Waals surface area contributed by atoms with E-state index in [9.17, 15) is 18.0 Å². The van der Waals surface area contributed by atoms with Gasteiger partial charge < -0.3 is 19.1 Å². The third kappa shape index (κ3) is 6.67. The number of benzene rings is 1. The van der Waals surface area contributed by atoms with Crippen LogP contribution in [0.25, 0.3) is 0 Å². The number of ether oxygens (including phenoxy) is 1. The molecular weight excluding hydrogens is 522 g/mol. The van der Waals surface area contributed by atoms with E-state index in [1.165, 1.54) is 13.0 Å². The fraction of sp³-hybridized carbons (Fsp3) is 0.630. The smallest absolute Gasteiger partial charge is 0.240 e. The molecule has 3 aliphatic heterocycles. The van der Waals surface area contributed by atoms with Gasteiger partial charge >= 0.3 is 0 Å². The van der Waals surface area contributed by atoms with Crippen molar-refractivity contribution in [1.82, 2.24) is 19.8 Å². The molecule has 11 nitrogen and oxygen atoms in total. The van der Waals surface area contributed by atoms with Crippen LogP contribution in [0.15, 0.2) is 27.6 Å². The van der Waals surface area contributed by atoms with Crippen LogP contribution >= 0.6 is 0 Å². The van der Waals surface area contributed by atoms with Crippen LogP contribution in [0.4, 0.5) is 5.69 Å². The Bertz CT molecular complexity index is 1280. The molecular formula is C27H37N5O6S. The molecule has 0 atom stereocenters. The normalized spacial score (nSPS) is 18.9. The van der Waals surface area contributed by atoms with Gasteiger partial charge in [0.15, 0.2) is 5.82 Å². The molecule has 0 unspecified atom stereocenters. The van der Waals surface area contributed by atoms with Crippen molar-refractivity contribution in [3.05, 3.63) is 35.5 Å². The number of rotatable bonds is 9. The predicted octanol–water partition coefficient (Wildman–Crippen LogP) is 2.41. The van der Waals surface area contributed by atoms with E-state index in [0.29, 0.717) is 56.6 Å². The first-order valence-corrected chi connectivity index (χ1v) is 15.4. The summed E-state index contributed by atoms with van der Waals surface area (Å²) in [5.74, 6) is 2.17. The third-order valence-corrected chi connectivity index (χ3v) is 9.46. The van der Waals surface area contributed by atoms with Gasteiger partial charge in [0, 0.05) is 70.8 Å². The van der Waals surface area contributed by atoms with Gasteiger partial charge in [-0.2, -0.15) is 4.98 Å². The van der Waals surface area contributed by atoms with Crippen molar-refractivity contribution in [2.24, 2.45) is 5.92 Å². The number of carbonyl (C=O) groups excluding carboxylic acids is 2. The number of likely N-dealkylation sites (tertiary alicyclic amines) is 1. The third-order valence-electron chi connectivity index (χ3n) is 8.00. The number of nitrogens with zero attached hydrogens (tertiary/aromatic N) is 4. The monoisotopic (exact) mass is 559 g/mol. The highest BCUT2D eigenvalue weighted by atomic mass is 32.2. The fourth-order valence-corrected chi connectivity index (χ4v) is 6.79. The summed E-state index contributed by atoms with van der Waals surface area (Å²) < 4.78 is 39.0. The average Bonchev–Trinajstić information content (AvgIpc) is 3.59. The van der Waals surface area contributed by atoms with Gasteiger partial charge in [-0.1, -0.05) is 5.16 Å². The number of piperidine rings is 1. The van der Waals surface area contributed by atoms with Crippen molar-refractivity contribution in [1.29, 1.82) is 0 Å². The molecule has 2 aromatic rings. The number of hydrogen-bond acceptors (Lipinski definition) is 8. The zero-order valence-electron chi connectivity index (χ0n) is 22.4. The molecule has 1 aromatic carbocycles. The fourth-order valence-electron chi connectivity index (χ4n) is 5.67. The second-order valence-electron chi connectivity index (χ2n) is 10.7. The quantitative estimate of drug-likeness (QED) is 0.463. The molecule has 3 aliphatic rings. The summed E-state index contributed by atoms with van der Waals surface area (Å²) in [5, 5.41) is 4.18. The Morgan fingerprint density at radius 3 is 2.62 bits per heavy atom. The van der Waals surface area contributed by atoms with Gasteiger partial charge in [0.1, 0.15) is 0 Å². The van der Waals surface area contributed by atoms with Crippen LogP contribution in [0.1, 0.15) is 68.6 Å². The van der Waals surface area contributed by atoms with Gasteiger partial charge in [0.25, 0.3) is 0 Å². The number of aromatic nitrogens is 2. The van der Waals surface area contributed by atoms with E-state index in [0.717, 1.165) is 62.4 Å². The lowest BCUT2D eigenvalue weighted by atomic mass is 9.93. The maximum atomic E-state index is 12.8. The molecule has 4 heterocycles. The van der Waals surface area contributed by atoms with Gasteiger partial charge in [0.2, 0.25) is 27.7 Å². The number of hydrogen-bond donors (Lipinski definition) is 1. The Labute approximate surface area is 229 Å². The molecule has 39 heavy (non-hydrogen) atoms.